The van der Waals surface area contributed by atoms with Crippen LogP contribution < -0.4 is 0 Å². The summed E-state index contributed by atoms with van der Waals surface area (Å²) in [4.78, 5) is 0. The predicted octanol–water partition coefficient (Wildman–Crippen LogP) is 3.42. The third-order valence-corrected chi connectivity index (χ3v) is 1.99. The van der Waals surface area contributed by atoms with Gasteiger partial charge in [-0.1, -0.05) is 6.07 Å². The number of aryl methyl sites for hydroxylation is 1. The highest BCUT2D eigenvalue weighted by Gasteiger charge is 2.13. The number of hydrogen-bond acceptors (Lipinski definition) is 0. The van der Waals surface area contributed by atoms with E-state index >= 15 is 0 Å². The van der Waals surface area contributed by atoms with Crippen LogP contribution in [0.25, 0.3) is 0 Å². The monoisotopic (exact) mass is 317 g/mol. The van der Waals surface area contributed by atoms with Gasteiger partial charge in [0.25, 0.3) is 0 Å². The number of fused-ring (bicyclic) bond motifs is 1. The fourth-order valence-electron chi connectivity index (χ4n) is 1.48. The van der Waals surface area contributed by atoms with Crippen LogP contribution in [0.2, 0.25) is 0 Å². The van der Waals surface area contributed by atoms with Crippen LogP contribution in [0.3, 0.4) is 0 Å². The molecule has 0 N–H and O–H groups in total. The third-order valence-electron chi connectivity index (χ3n) is 1.99. The first-order valence-corrected chi connectivity index (χ1v) is 11.9. The first-order valence-electron chi connectivity index (χ1n) is 4.09. The van der Waals surface area contributed by atoms with Crippen LogP contribution in [0.5, 0.6) is 0 Å². The second-order valence-corrected chi connectivity index (χ2v) is 10.8. The van der Waals surface area contributed by atoms with E-state index < -0.39 is 0 Å². The Bertz CT molecular complexity index is 278. The number of halogens is 3. The lowest BCUT2D eigenvalue weighted by Crippen LogP contribution is -1.86. The van der Waals surface area contributed by atoms with Crippen molar-refractivity contribution in [2.24, 2.45) is 0 Å². The van der Waals surface area contributed by atoms with Crippen LogP contribution >= 0.6 is 25.8 Å². The Morgan fingerprint density at radius 3 is 2.69 bits per heavy atom. The summed E-state index contributed by atoms with van der Waals surface area (Å²) in [5, 5.41) is 0. The Morgan fingerprint density at radius 1 is 1.38 bits per heavy atom. The average molecular weight is 319 g/mol. The molecule has 0 fully saturated rings. The highest BCUT2D eigenvalue weighted by Crippen LogP contribution is 2.23. The molecule has 67 valence electrons. The normalized spacial score (nSPS) is 12.5. The Morgan fingerprint density at radius 2 is 2.08 bits per heavy atom. The van der Waals surface area contributed by atoms with Crippen molar-refractivity contribution in [3.05, 3.63) is 35.1 Å². The minimum absolute atomic E-state index is 0.0417. The Balaban J connectivity index is 0.000000251. The van der Waals surface area contributed by atoms with Crippen LogP contribution in [0, 0.1) is 11.9 Å². The van der Waals surface area contributed by atoms with Gasteiger partial charge in [-0.15, -0.1) is 0 Å². The van der Waals surface area contributed by atoms with Crippen molar-refractivity contribution < 1.29 is 4.39 Å². The van der Waals surface area contributed by atoms with Crippen LogP contribution in [0.4, 0.5) is 4.39 Å². The molecule has 0 bridgehead atoms. The van der Waals surface area contributed by atoms with Crippen molar-refractivity contribution in [2.45, 2.75) is 19.3 Å². The van der Waals surface area contributed by atoms with Gasteiger partial charge in [0.1, 0.15) is 5.82 Å². The van der Waals surface area contributed by atoms with Gasteiger partial charge in [-0.05, 0) is 42.5 Å². The Labute approximate surface area is 99.8 Å². The summed E-state index contributed by atoms with van der Waals surface area (Å²) < 4.78 is 12.9. The lowest BCUT2D eigenvalue weighted by molar-refractivity contribution is 0.612. The summed E-state index contributed by atoms with van der Waals surface area (Å²) in [5.74, 6) is -0.0498. The SMILES string of the molecule is Fc1cc[c]c2c1CCC2.[Br][Mg][Br]. The van der Waals surface area contributed by atoms with E-state index in [1.807, 2.05) is 0 Å². The summed E-state index contributed by atoms with van der Waals surface area (Å²) in [6, 6.07) is 6.21. The third kappa shape index (κ3) is 3.49. The first-order chi connectivity index (χ1) is 6.29. The maximum atomic E-state index is 12.9. The van der Waals surface area contributed by atoms with E-state index in [2.05, 4.69) is 31.8 Å². The van der Waals surface area contributed by atoms with Gasteiger partial charge in [0, 0.05) is 0 Å². The zero-order valence-corrected chi connectivity index (χ0v) is 11.7. The molecule has 0 saturated carbocycles. The molecule has 2 rings (SSSR count). The minimum atomic E-state index is -0.0498. The van der Waals surface area contributed by atoms with E-state index in [-0.39, 0.29) is 21.8 Å². The van der Waals surface area contributed by atoms with E-state index in [0.717, 1.165) is 30.4 Å². The quantitative estimate of drug-likeness (QED) is 0.643. The number of rotatable bonds is 0. The molecule has 0 heterocycles. The second kappa shape index (κ2) is 6.38. The zero-order chi connectivity index (χ0) is 9.68. The average Bonchev–Trinajstić information content (AvgIpc) is 2.54. The lowest BCUT2D eigenvalue weighted by Gasteiger charge is -1.96. The molecular formula is C9H8Br2FMg. The van der Waals surface area contributed by atoms with Crippen LogP contribution in [-0.4, -0.2) is 16.0 Å². The molecule has 1 radical (unpaired) electrons. The number of benzene rings is 1. The summed E-state index contributed by atoms with van der Waals surface area (Å²) >= 11 is 6.44. The van der Waals surface area contributed by atoms with Crippen LogP contribution in [-0.2, 0) is 12.8 Å². The summed E-state index contributed by atoms with van der Waals surface area (Å²) in [6.07, 6.45) is 3.00. The summed E-state index contributed by atoms with van der Waals surface area (Å²) in [5.41, 5.74) is 1.97. The summed E-state index contributed by atoms with van der Waals surface area (Å²) in [7, 11) is 0. The molecule has 13 heavy (non-hydrogen) atoms. The molecule has 1 aliphatic rings. The molecule has 1 aliphatic carbocycles. The molecule has 1 aromatic rings. The van der Waals surface area contributed by atoms with Gasteiger partial charge in [-0.2, -0.15) is 0 Å². The molecule has 0 saturated heterocycles. The van der Waals surface area contributed by atoms with Crippen molar-refractivity contribution in [1.29, 1.82) is 0 Å². The van der Waals surface area contributed by atoms with Crippen molar-refractivity contribution in [3.63, 3.8) is 0 Å². The minimum Gasteiger partial charge on any atom is -0.280 e. The van der Waals surface area contributed by atoms with Crippen molar-refractivity contribution in [1.82, 2.24) is 0 Å². The molecule has 0 spiro atoms. The largest absolute Gasteiger partial charge is 0.560 e. The van der Waals surface area contributed by atoms with Crippen molar-refractivity contribution in [2.75, 3.05) is 0 Å². The van der Waals surface area contributed by atoms with Crippen LogP contribution in [0.1, 0.15) is 17.5 Å². The van der Waals surface area contributed by atoms with Gasteiger partial charge in [0.05, 0.1) is 0 Å². The van der Waals surface area contributed by atoms with Gasteiger partial charge in [0.2, 0.25) is 0 Å². The van der Waals surface area contributed by atoms with Crippen molar-refractivity contribution >= 4 is 41.8 Å². The fourth-order valence-corrected chi connectivity index (χ4v) is 1.48. The van der Waals surface area contributed by atoms with Gasteiger partial charge in [-0.25, -0.2) is 4.39 Å². The second-order valence-electron chi connectivity index (χ2n) is 2.74. The predicted molar refractivity (Wildman–Crippen MR) is 60.9 cm³/mol. The molecule has 0 amide bonds. The zero-order valence-electron chi connectivity index (χ0n) is 7.12. The van der Waals surface area contributed by atoms with Gasteiger partial charge in [-0.3, -0.25) is 25.8 Å². The van der Waals surface area contributed by atoms with Crippen LogP contribution in [0.15, 0.2) is 12.1 Å². The first kappa shape index (κ1) is 11.9. The molecular weight excluding hydrogens is 311 g/mol. The van der Waals surface area contributed by atoms with E-state index in [1.54, 1.807) is 6.07 Å². The van der Waals surface area contributed by atoms with Gasteiger partial charge >= 0.3 is 16.0 Å². The topological polar surface area (TPSA) is 0 Å². The highest BCUT2D eigenvalue weighted by atomic mass is 79.9. The molecule has 0 atom stereocenters. The maximum Gasteiger partial charge on any atom is 0.560 e. The fraction of sp³-hybridized carbons (Fsp3) is 0.333. The molecule has 1 aromatic carbocycles. The Kier molecular flexibility index (Phi) is 5.86. The standard InChI is InChI=1S/C9H8F.2BrH.Mg/c10-9-6-2-4-7-3-1-5-8(7)9;;;/h2,6H,1,3,5H2;2*1H;/q;;;+2/p-2. The lowest BCUT2D eigenvalue weighted by atomic mass is 10.1. The number of hydrogen-bond donors (Lipinski definition) is 0. The van der Waals surface area contributed by atoms with Crippen molar-refractivity contribution in [3.8, 4) is 0 Å². The Hall–Kier alpha value is 0.876. The van der Waals surface area contributed by atoms with E-state index in [9.17, 15) is 4.39 Å². The molecule has 0 unspecified atom stereocenters. The molecule has 0 aromatic heterocycles. The smallest absolute Gasteiger partial charge is 0.280 e. The van der Waals surface area contributed by atoms with E-state index in [4.69, 9.17) is 0 Å². The maximum absolute atomic E-state index is 12.9. The van der Waals surface area contributed by atoms with Gasteiger partial charge in [0.15, 0.2) is 0 Å². The highest BCUT2D eigenvalue weighted by molar-refractivity contribution is 9.47. The molecule has 0 aliphatic heterocycles. The van der Waals surface area contributed by atoms with E-state index in [0.29, 0.717) is 0 Å². The molecule has 4 heteroatoms. The van der Waals surface area contributed by atoms with E-state index in [1.165, 1.54) is 6.07 Å². The van der Waals surface area contributed by atoms with Gasteiger partial charge < -0.3 is 0 Å². The molecule has 0 nitrogen and oxygen atoms in total. The summed E-state index contributed by atoms with van der Waals surface area (Å²) in [6.45, 7) is 0.